The van der Waals surface area contributed by atoms with Crippen molar-refractivity contribution in [2.75, 3.05) is 0 Å². The van der Waals surface area contributed by atoms with Gasteiger partial charge in [0.2, 0.25) is 5.91 Å². The Labute approximate surface area is 104 Å². The van der Waals surface area contributed by atoms with Crippen molar-refractivity contribution in [2.24, 2.45) is 11.8 Å². The third kappa shape index (κ3) is 2.50. The van der Waals surface area contributed by atoms with E-state index in [1.165, 1.54) is 6.07 Å². The molecule has 0 saturated heterocycles. The van der Waals surface area contributed by atoms with Crippen LogP contribution in [-0.4, -0.2) is 17.0 Å². The van der Waals surface area contributed by atoms with E-state index < -0.39 is 23.8 Å². The maximum absolute atomic E-state index is 13.5. The Balaban J connectivity index is 1.97. The average molecular weight is 251 g/mol. The fourth-order valence-electron chi connectivity index (χ4n) is 1.98. The van der Waals surface area contributed by atoms with E-state index in [9.17, 15) is 14.0 Å². The quantitative estimate of drug-likeness (QED) is 0.856. The Morgan fingerprint density at radius 3 is 2.61 bits per heavy atom. The Bertz CT molecular complexity index is 489. The summed E-state index contributed by atoms with van der Waals surface area (Å²) in [7, 11) is 0. The molecule has 0 aromatic heterocycles. The van der Waals surface area contributed by atoms with Crippen molar-refractivity contribution in [3.63, 3.8) is 0 Å². The Hall–Kier alpha value is -1.91. The van der Waals surface area contributed by atoms with Gasteiger partial charge in [-0.2, -0.15) is 0 Å². The molecule has 3 atom stereocenters. The first-order valence-electron chi connectivity index (χ1n) is 5.78. The molecule has 18 heavy (non-hydrogen) atoms. The van der Waals surface area contributed by atoms with Crippen LogP contribution in [0.2, 0.25) is 0 Å². The van der Waals surface area contributed by atoms with Gasteiger partial charge in [0.15, 0.2) is 0 Å². The SMILES string of the molecule is CC(NC(=O)[C@@H]1C[C@@H]1C(=O)O)c1ccccc1F. The van der Waals surface area contributed by atoms with Crippen LogP contribution in [0.3, 0.4) is 0 Å². The van der Waals surface area contributed by atoms with Crippen LogP contribution in [-0.2, 0) is 9.59 Å². The number of benzene rings is 1. The number of carbonyl (C=O) groups excluding carboxylic acids is 1. The fraction of sp³-hybridized carbons (Fsp3) is 0.385. The molecule has 1 amide bonds. The molecule has 1 fully saturated rings. The number of hydrogen-bond acceptors (Lipinski definition) is 2. The zero-order valence-corrected chi connectivity index (χ0v) is 9.89. The topological polar surface area (TPSA) is 66.4 Å². The standard InChI is InChI=1S/C13H14FNO3/c1-7(8-4-2-3-5-11(8)14)15-12(16)9-6-10(9)13(17)18/h2-5,7,9-10H,6H2,1H3,(H,15,16)(H,17,18)/t7?,9-,10+/m1/s1. The van der Waals surface area contributed by atoms with Gasteiger partial charge in [-0.15, -0.1) is 0 Å². The van der Waals surface area contributed by atoms with Crippen molar-refractivity contribution in [1.29, 1.82) is 0 Å². The highest BCUT2D eigenvalue weighted by atomic mass is 19.1. The van der Waals surface area contributed by atoms with Crippen molar-refractivity contribution < 1.29 is 19.1 Å². The molecule has 1 saturated carbocycles. The van der Waals surface area contributed by atoms with Crippen LogP contribution in [0, 0.1) is 17.7 Å². The lowest BCUT2D eigenvalue weighted by Gasteiger charge is -2.14. The minimum absolute atomic E-state index is 0.321. The molecule has 1 aliphatic rings. The van der Waals surface area contributed by atoms with Crippen molar-refractivity contribution in [1.82, 2.24) is 5.32 Å². The highest BCUT2D eigenvalue weighted by Gasteiger charge is 2.48. The van der Waals surface area contributed by atoms with Gasteiger partial charge >= 0.3 is 5.97 Å². The molecule has 0 aliphatic heterocycles. The van der Waals surface area contributed by atoms with Gasteiger partial charge < -0.3 is 10.4 Å². The molecule has 1 unspecified atom stereocenters. The number of rotatable bonds is 4. The normalized spacial score (nSPS) is 23.2. The van der Waals surface area contributed by atoms with E-state index in [2.05, 4.69) is 5.32 Å². The second kappa shape index (κ2) is 4.76. The molecule has 0 radical (unpaired) electrons. The van der Waals surface area contributed by atoms with Gasteiger partial charge in [0.25, 0.3) is 0 Å². The number of amides is 1. The number of carboxylic acid groups (broad SMARTS) is 1. The highest BCUT2D eigenvalue weighted by molar-refractivity contribution is 5.89. The molecule has 1 aromatic carbocycles. The van der Waals surface area contributed by atoms with Gasteiger partial charge in [0.1, 0.15) is 5.82 Å². The van der Waals surface area contributed by atoms with Gasteiger partial charge in [-0.25, -0.2) is 4.39 Å². The maximum atomic E-state index is 13.5. The molecular weight excluding hydrogens is 237 g/mol. The van der Waals surface area contributed by atoms with Crippen LogP contribution < -0.4 is 5.32 Å². The third-order valence-corrected chi connectivity index (χ3v) is 3.17. The summed E-state index contributed by atoms with van der Waals surface area (Å²) in [6, 6.07) is 5.73. The first-order valence-corrected chi connectivity index (χ1v) is 5.78. The second-order valence-electron chi connectivity index (χ2n) is 4.54. The van der Waals surface area contributed by atoms with Gasteiger partial charge in [0.05, 0.1) is 17.9 Å². The van der Waals surface area contributed by atoms with Crippen LogP contribution in [0.1, 0.15) is 24.9 Å². The van der Waals surface area contributed by atoms with Crippen molar-refractivity contribution in [2.45, 2.75) is 19.4 Å². The van der Waals surface area contributed by atoms with E-state index in [1.807, 2.05) is 0 Å². The first kappa shape index (κ1) is 12.5. The van der Waals surface area contributed by atoms with E-state index >= 15 is 0 Å². The van der Waals surface area contributed by atoms with Crippen LogP contribution in [0.15, 0.2) is 24.3 Å². The predicted molar refractivity (Wildman–Crippen MR) is 62.2 cm³/mol. The van der Waals surface area contributed by atoms with Gasteiger partial charge in [0, 0.05) is 5.56 Å². The van der Waals surface area contributed by atoms with E-state index in [1.54, 1.807) is 25.1 Å². The molecule has 2 N–H and O–H groups in total. The monoisotopic (exact) mass is 251 g/mol. The Morgan fingerprint density at radius 2 is 2.06 bits per heavy atom. The van der Waals surface area contributed by atoms with Crippen molar-refractivity contribution in [3.8, 4) is 0 Å². The van der Waals surface area contributed by atoms with Gasteiger partial charge in [-0.3, -0.25) is 9.59 Å². The van der Waals surface area contributed by atoms with E-state index in [0.29, 0.717) is 12.0 Å². The zero-order valence-electron chi connectivity index (χ0n) is 9.89. The number of carboxylic acids is 1. The Kier molecular flexibility index (Phi) is 3.32. The maximum Gasteiger partial charge on any atom is 0.307 e. The lowest BCUT2D eigenvalue weighted by atomic mass is 10.1. The van der Waals surface area contributed by atoms with Crippen molar-refractivity contribution in [3.05, 3.63) is 35.6 Å². The molecule has 96 valence electrons. The summed E-state index contributed by atoms with van der Waals surface area (Å²) in [4.78, 5) is 22.4. The minimum atomic E-state index is -0.950. The summed E-state index contributed by atoms with van der Waals surface area (Å²) in [5, 5.41) is 11.4. The summed E-state index contributed by atoms with van der Waals surface area (Å²) in [5.41, 5.74) is 0.401. The molecule has 0 heterocycles. The summed E-state index contributed by atoms with van der Waals surface area (Å²) >= 11 is 0. The molecule has 5 heteroatoms. The molecule has 1 aromatic rings. The second-order valence-corrected chi connectivity index (χ2v) is 4.54. The number of carbonyl (C=O) groups is 2. The molecule has 0 bridgehead atoms. The van der Waals surface area contributed by atoms with E-state index in [4.69, 9.17) is 5.11 Å². The zero-order chi connectivity index (χ0) is 13.3. The third-order valence-electron chi connectivity index (χ3n) is 3.17. The molecule has 1 aliphatic carbocycles. The summed E-state index contributed by atoms with van der Waals surface area (Å²) < 4.78 is 13.5. The molecule has 4 nitrogen and oxygen atoms in total. The van der Waals surface area contributed by atoms with Gasteiger partial charge in [-0.05, 0) is 19.4 Å². The summed E-state index contributed by atoms with van der Waals surface area (Å²) in [5.74, 6) is -2.71. The van der Waals surface area contributed by atoms with Crippen LogP contribution in [0.4, 0.5) is 4.39 Å². The largest absolute Gasteiger partial charge is 0.481 e. The smallest absolute Gasteiger partial charge is 0.307 e. The van der Waals surface area contributed by atoms with E-state index in [-0.39, 0.29) is 11.7 Å². The van der Waals surface area contributed by atoms with Crippen LogP contribution >= 0.6 is 0 Å². The molecule has 2 rings (SSSR count). The van der Waals surface area contributed by atoms with Gasteiger partial charge in [-0.1, -0.05) is 18.2 Å². The number of halogens is 1. The average Bonchev–Trinajstić information content (AvgIpc) is 3.09. The number of nitrogens with one attached hydrogen (secondary N) is 1. The number of hydrogen-bond donors (Lipinski definition) is 2. The fourth-order valence-corrected chi connectivity index (χ4v) is 1.98. The lowest BCUT2D eigenvalue weighted by molar-refractivity contribution is -0.140. The first-order chi connectivity index (χ1) is 8.50. The summed E-state index contributed by atoms with van der Waals surface area (Å²) in [6.07, 6.45) is 0.366. The predicted octanol–water partition coefficient (Wildman–Crippen LogP) is 1.72. The van der Waals surface area contributed by atoms with E-state index in [0.717, 1.165) is 0 Å². The number of aliphatic carboxylic acids is 1. The lowest BCUT2D eigenvalue weighted by Crippen LogP contribution is -2.29. The minimum Gasteiger partial charge on any atom is -0.481 e. The molecular formula is C13H14FNO3. The molecule has 0 spiro atoms. The Morgan fingerprint density at radius 1 is 1.39 bits per heavy atom. The van der Waals surface area contributed by atoms with Crippen molar-refractivity contribution >= 4 is 11.9 Å². The van der Waals surface area contributed by atoms with Crippen LogP contribution in [0.5, 0.6) is 0 Å². The highest BCUT2D eigenvalue weighted by Crippen LogP contribution is 2.39. The van der Waals surface area contributed by atoms with Crippen LogP contribution in [0.25, 0.3) is 0 Å². The summed E-state index contributed by atoms with van der Waals surface area (Å²) in [6.45, 7) is 1.68.